The minimum Gasteiger partial charge on any atom is -0.485 e. The Labute approximate surface area is 364 Å². The zero-order valence-corrected chi connectivity index (χ0v) is 35.8. The van der Waals surface area contributed by atoms with Gasteiger partial charge in [0.25, 0.3) is 17.4 Å². The normalized spacial score (nSPS) is 18.3. The van der Waals surface area contributed by atoms with E-state index in [4.69, 9.17) is 9.72 Å². The lowest BCUT2D eigenvalue weighted by Crippen LogP contribution is -2.54. The van der Waals surface area contributed by atoms with E-state index in [2.05, 4.69) is 30.4 Å². The first-order chi connectivity index (χ1) is 30.5. The molecular weight excluding hydrogens is 807 g/mol. The highest BCUT2D eigenvalue weighted by molar-refractivity contribution is 6.24. The molecule has 0 spiro atoms. The topological polar surface area (TPSA) is 206 Å². The Kier molecular flexibility index (Phi) is 13.0. The van der Waals surface area contributed by atoms with Gasteiger partial charge in [-0.05, 0) is 82.3 Å². The van der Waals surface area contributed by atoms with Crippen molar-refractivity contribution in [3.05, 3.63) is 75.3 Å². The summed E-state index contributed by atoms with van der Waals surface area (Å²) in [6.07, 6.45) is 12.6. The van der Waals surface area contributed by atoms with Gasteiger partial charge in [0.15, 0.2) is 11.6 Å². The van der Waals surface area contributed by atoms with E-state index in [1.807, 2.05) is 18.3 Å². The maximum atomic E-state index is 13.6. The van der Waals surface area contributed by atoms with Crippen LogP contribution in [0.25, 0.3) is 11.0 Å². The fraction of sp³-hybridized carbons (Fsp3) is 0.478. The number of aromatic nitrogens is 4. The van der Waals surface area contributed by atoms with Crippen LogP contribution in [0.15, 0.2) is 47.5 Å². The third-order valence-electron chi connectivity index (χ3n) is 12.7. The summed E-state index contributed by atoms with van der Waals surface area (Å²) in [6, 6.07) is 7.47. The molecule has 3 aliphatic heterocycles. The number of ketones is 2. The van der Waals surface area contributed by atoms with Gasteiger partial charge in [0.05, 0.1) is 28.6 Å². The maximum absolute atomic E-state index is 13.6. The predicted octanol–water partition coefficient (Wildman–Crippen LogP) is 5.07. The van der Waals surface area contributed by atoms with Gasteiger partial charge in [0.2, 0.25) is 17.8 Å². The average Bonchev–Trinajstić information content (AvgIpc) is 3.89. The van der Waals surface area contributed by atoms with Gasteiger partial charge in [-0.1, -0.05) is 38.2 Å². The Morgan fingerprint density at radius 1 is 0.873 bits per heavy atom. The Bertz CT molecular complexity index is 2510. The molecule has 4 amide bonds. The molecule has 8 rings (SSSR count). The molecule has 4 aliphatic rings. The average molecular weight is 860 g/mol. The second-order valence-electron chi connectivity index (χ2n) is 16.9. The van der Waals surface area contributed by atoms with Crippen molar-refractivity contribution >= 4 is 63.7 Å². The number of piperidine rings is 1. The summed E-state index contributed by atoms with van der Waals surface area (Å²) in [6.45, 7) is 7.69. The number of ether oxygens (including phenoxy) is 1. The van der Waals surface area contributed by atoms with Crippen LogP contribution in [0.5, 0.6) is 5.75 Å². The van der Waals surface area contributed by atoms with E-state index in [0.717, 1.165) is 101 Å². The number of imide groups is 2. The molecule has 6 heterocycles. The maximum Gasteiger partial charge on any atom is 0.266 e. The first-order valence-corrected chi connectivity index (χ1v) is 22.1. The number of fused-ring (bicyclic) bond motifs is 2. The van der Waals surface area contributed by atoms with Crippen LogP contribution < -0.4 is 25.8 Å². The lowest BCUT2D eigenvalue weighted by molar-refractivity contribution is -0.136. The van der Waals surface area contributed by atoms with Crippen molar-refractivity contribution in [3.63, 3.8) is 0 Å². The second kappa shape index (κ2) is 18.9. The van der Waals surface area contributed by atoms with Crippen molar-refractivity contribution in [2.75, 3.05) is 49.5 Å². The number of hydrogen-bond donors (Lipinski definition) is 2. The Balaban J connectivity index is 0.733. The Hall–Kier alpha value is -6.36. The third kappa shape index (κ3) is 9.24. The number of unbranched alkanes of at least 4 members (excludes halogenated alkanes) is 4. The Morgan fingerprint density at radius 3 is 2.37 bits per heavy atom. The van der Waals surface area contributed by atoms with E-state index in [1.165, 1.54) is 19.1 Å². The van der Waals surface area contributed by atoms with Gasteiger partial charge in [0.1, 0.15) is 29.9 Å². The molecule has 0 radical (unpaired) electrons. The SMILES string of the molecule is CC(=O)c1c(C)c2cnc(Nc3ccc(N4CCN(CCCCCCCC(=O)COc5cccc6c5C(=O)N(C5CCC(=O)NC5=O)C6=O)CC4)cn3)nc2n(C2CCCC2)c1=O. The molecule has 1 aliphatic carbocycles. The van der Waals surface area contributed by atoms with Crippen LogP contribution in [0.4, 0.5) is 17.5 Å². The number of carbonyl (C=O) groups excluding carboxylic acids is 6. The predicted molar refractivity (Wildman–Crippen MR) is 234 cm³/mol. The van der Waals surface area contributed by atoms with Crippen LogP contribution in [0, 0.1) is 6.92 Å². The number of amides is 4. The quantitative estimate of drug-likeness (QED) is 0.0809. The highest BCUT2D eigenvalue weighted by atomic mass is 16.5. The van der Waals surface area contributed by atoms with Crippen LogP contribution in [-0.4, -0.2) is 110 Å². The number of carbonyl (C=O) groups is 6. The summed E-state index contributed by atoms with van der Waals surface area (Å²) >= 11 is 0. The van der Waals surface area contributed by atoms with Gasteiger partial charge in [-0.3, -0.25) is 53.2 Å². The van der Waals surface area contributed by atoms with E-state index in [1.54, 1.807) is 23.8 Å². The van der Waals surface area contributed by atoms with Gasteiger partial charge in [-0.2, -0.15) is 4.98 Å². The smallest absolute Gasteiger partial charge is 0.266 e. The van der Waals surface area contributed by atoms with E-state index in [0.29, 0.717) is 34.8 Å². The second-order valence-corrected chi connectivity index (χ2v) is 16.9. The third-order valence-corrected chi connectivity index (χ3v) is 12.7. The largest absolute Gasteiger partial charge is 0.485 e. The zero-order chi connectivity index (χ0) is 44.2. The molecule has 17 nitrogen and oxygen atoms in total. The van der Waals surface area contributed by atoms with Crippen molar-refractivity contribution in [3.8, 4) is 5.75 Å². The summed E-state index contributed by atoms with van der Waals surface area (Å²) in [4.78, 5) is 109. The first kappa shape index (κ1) is 43.3. The number of Topliss-reactive ketones (excluding diaryl/α,β-unsaturated/α-hetero) is 2. The minimum atomic E-state index is -1.07. The molecule has 2 saturated heterocycles. The molecule has 3 aromatic heterocycles. The van der Waals surface area contributed by atoms with Crippen LogP contribution in [-0.2, 0) is 14.4 Å². The van der Waals surface area contributed by atoms with Crippen molar-refractivity contribution in [1.82, 2.24) is 34.6 Å². The monoisotopic (exact) mass is 859 g/mol. The number of hydrogen-bond acceptors (Lipinski definition) is 14. The summed E-state index contributed by atoms with van der Waals surface area (Å²) in [5.74, 6) is -1.71. The number of anilines is 3. The summed E-state index contributed by atoms with van der Waals surface area (Å²) < 4.78 is 7.44. The molecule has 1 unspecified atom stereocenters. The number of piperazine rings is 1. The van der Waals surface area contributed by atoms with Crippen molar-refractivity contribution in [2.24, 2.45) is 0 Å². The molecule has 2 N–H and O–H groups in total. The van der Waals surface area contributed by atoms with Crippen LogP contribution in [0.1, 0.15) is 127 Å². The van der Waals surface area contributed by atoms with E-state index < -0.39 is 29.7 Å². The van der Waals surface area contributed by atoms with Crippen molar-refractivity contribution in [1.29, 1.82) is 0 Å². The first-order valence-electron chi connectivity index (χ1n) is 22.1. The zero-order valence-electron chi connectivity index (χ0n) is 35.8. The molecule has 4 aromatic rings. The van der Waals surface area contributed by atoms with Gasteiger partial charge < -0.3 is 15.0 Å². The summed E-state index contributed by atoms with van der Waals surface area (Å²) in [5, 5.41) is 6.09. The van der Waals surface area contributed by atoms with E-state index >= 15 is 0 Å². The molecular formula is C46H53N9O8. The molecule has 330 valence electrons. The Morgan fingerprint density at radius 2 is 1.63 bits per heavy atom. The van der Waals surface area contributed by atoms with Gasteiger partial charge >= 0.3 is 0 Å². The molecule has 1 saturated carbocycles. The number of aryl methyl sites for hydroxylation is 1. The number of benzene rings is 1. The van der Waals surface area contributed by atoms with Gasteiger partial charge in [-0.25, -0.2) is 9.97 Å². The standard InChI is InChI=1S/C46H53N9O8/c1-28-34-26-48-46(51-41(34)54(30-11-7-8-12-30)44(61)39(28)29(2)56)49-37-18-16-31(25-47-37)53-23-21-52(22-24-53)20-9-5-3-4-6-13-32(57)27-63-36-15-10-14-33-40(36)45(62)55(43(33)60)35-17-19-38(58)50-42(35)59/h10,14-16,18,25-26,30,35H,3-9,11-13,17,19-24,27H2,1-2H3,(H,50,58,59)(H,47,48,49,51). The number of rotatable bonds is 17. The number of nitrogens with zero attached hydrogens (tertiary/aromatic N) is 7. The van der Waals surface area contributed by atoms with E-state index in [-0.39, 0.29) is 65.1 Å². The number of nitrogens with one attached hydrogen (secondary N) is 2. The highest BCUT2D eigenvalue weighted by Gasteiger charge is 2.46. The van der Waals surface area contributed by atoms with Crippen LogP contribution >= 0.6 is 0 Å². The highest BCUT2D eigenvalue weighted by Crippen LogP contribution is 2.35. The minimum absolute atomic E-state index is 0.00364. The molecule has 0 bridgehead atoms. The van der Waals surface area contributed by atoms with Gasteiger partial charge in [0, 0.05) is 56.6 Å². The number of pyridine rings is 2. The van der Waals surface area contributed by atoms with Crippen LogP contribution in [0.3, 0.4) is 0 Å². The molecule has 63 heavy (non-hydrogen) atoms. The fourth-order valence-corrected chi connectivity index (χ4v) is 9.32. The fourth-order valence-electron chi connectivity index (χ4n) is 9.32. The lowest BCUT2D eigenvalue weighted by atomic mass is 10.0. The summed E-state index contributed by atoms with van der Waals surface area (Å²) in [7, 11) is 0. The van der Waals surface area contributed by atoms with Crippen molar-refractivity contribution in [2.45, 2.75) is 103 Å². The molecule has 17 heteroatoms. The molecule has 1 aromatic carbocycles. The van der Waals surface area contributed by atoms with Crippen LogP contribution in [0.2, 0.25) is 0 Å². The van der Waals surface area contributed by atoms with Gasteiger partial charge in [-0.15, -0.1) is 0 Å². The molecule has 3 fully saturated rings. The summed E-state index contributed by atoms with van der Waals surface area (Å²) in [5.41, 5.74) is 2.26. The van der Waals surface area contributed by atoms with Crippen molar-refractivity contribution < 1.29 is 33.5 Å². The molecule has 1 atom stereocenters. The lowest BCUT2D eigenvalue weighted by Gasteiger charge is -2.36. The van der Waals surface area contributed by atoms with E-state index in [9.17, 15) is 33.6 Å².